The topological polar surface area (TPSA) is 89.6 Å². The van der Waals surface area contributed by atoms with Gasteiger partial charge in [-0.2, -0.15) is 0 Å². The lowest BCUT2D eigenvalue weighted by molar-refractivity contribution is 0.276. The van der Waals surface area contributed by atoms with Crippen LogP contribution in [-0.4, -0.2) is 54.3 Å². The van der Waals surface area contributed by atoms with Crippen LogP contribution >= 0.6 is 0 Å². The number of rotatable bonds is 6. The van der Waals surface area contributed by atoms with Gasteiger partial charge in [0.15, 0.2) is 11.5 Å². The molecule has 3 heterocycles. The Morgan fingerprint density at radius 3 is 2.45 bits per heavy atom. The summed E-state index contributed by atoms with van der Waals surface area (Å²) in [6.45, 7) is 2.27. The maximum Gasteiger partial charge on any atom is 0.254 e. The summed E-state index contributed by atoms with van der Waals surface area (Å²) in [5.41, 5.74) is 3.41. The fourth-order valence-corrected chi connectivity index (χ4v) is 3.94. The molecule has 2 aromatic heterocycles. The van der Waals surface area contributed by atoms with Gasteiger partial charge in [-0.05, 0) is 36.2 Å². The summed E-state index contributed by atoms with van der Waals surface area (Å²) in [6, 6.07) is 7.65. The van der Waals surface area contributed by atoms with Crippen LogP contribution < -0.4 is 19.8 Å². The number of nitrogens with zero attached hydrogens (tertiary/aromatic N) is 3. The van der Waals surface area contributed by atoms with Crippen LogP contribution in [0.25, 0.3) is 11.4 Å². The number of aromatic nitrogens is 3. The molecule has 31 heavy (non-hydrogen) atoms. The Kier molecular flexibility index (Phi) is 6.18. The van der Waals surface area contributed by atoms with Gasteiger partial charge in [-0.1, -0.05) is 0 Å². The minimum Gasteiger partial charge on any atom is -0.493 e. The third-order valence-corrected chi connectivity index (χ3v) is 5.51. The zero-order chi connectivity index (χ0) is 21.8. The van der Waals surface area contributed by atoms with Crippen LogP contribution in [0.4, 0.5) is 0 Å². The molecule has 1 aliphatic heterocycles. The lowest BCUT2D eigenvalue weighted by Gasteiger charge is -2.21. The molecule has 0 atom stereocenters. The van der Waals surface area contributed by atoms with Gasteiger partial charge in [-0.25, -0.2) is 4.98 Å². The molecule has 3 aromatic rings. The summed E-state index contributed by atoms with van der Waals surface area (Å²) >= 11 is 0. The molecule has 0 bridgehead atoms. The van der Waals surface area contributed by atoms with Crippen molar-refractivity contribution in [2.45, 2.75) is 19.4 Å². The first kappa shape index (κ1) is 20.9. The number of ether oxygens (including phenoxy) is 3. The summed E-state index contributed by atoms with van der Waals surface area (Å²) in [7, 11) is 4.82. The molecule has 0 saturated heterocycles. The van der Waals surface area contributed by atoms with Gasteiger partial charge in [-0.3, -0.25) is 14.7 Å². The third kappa shape index (κ3) is 4.39. The van der Waals surface area contributed by atoms with E-state index in [0.717, 1.165) is 35.5 Å². The van der Waals surface area contributed by atoms with Gasteiger partial charge < -0.3 is 19.2 Å². The zero-order valence-corrected chi connectivity index (χ0v) is 18.0. The second kappa shape index (κ2) is 9.18. The summed E-state index contributed by atoms with van der Waals surface area (Å²) in [4.78, 5) is 26.8. The number of fused-ring (bicyclic) bond motifs is 1. The Morgan fingerprint density at radius 2 is 1.81 bits per heavy atom. The second-order valence-electron chi connectivity index (χ2n) is 7.39. The van der Waals surface area contributed by atoms with Crippen LogP contribution in [0.5, 0.6) is 17.2 Å². The van der Waals surface area contributed by atoms with Gasteiger partial charge in [0.1, 0.15) is 5.82 Å². The van der Waals surface area contributed by atoms with E-state index in [-0.39, 0.29) is 5.56 Å². The predicted octanol–water partition coefficient (Wildman–Crippen LogP) is 2.46. The van der Waals surface area contributed by atoms with Crippen molar-refractivity contribution in [3.8, 4) is 28.6 Å². The highest BCUT2D eigenvalue weighted by molar-refractivity contribution is 5.54. The normalized spacial score (nSPS) is 13.9. The second-order valence-corrected chi connectivity index (χ2v) is 7.39. The molecule has 1 aliphatic rings. The van der Waals surface area contributed by atoms with E-state index in [0.29, 0.717) is 42.5 Å². The van der Waals surface area contributed by atoms with Crippen molar-refractivity contribution in [3.63, 3.8) is 0 Å². The van der Waals surface area contributed by atoms with Crippen molar-refractivity contribution < 1.29 is 14.2 Å². The Balaban J connectivity index is 1.55. The predicted molar refractivity (Wildman–Crippen MR) is 117 cm³/mol. The van der Waals surface area contributed by atoms with Gasteiger partial charge in [0.2, 0.25) is 5.75 Å². The van der Waals surface area contributed by atoms with E-state index in [1.54, 1.807) is 33.7 Å². The summed E-state index contributed by atoms with van der Waals surface area (Å²) in [5, 5.41) is 0. The lowest BCUT2D eigenvalue weighted by Crippen LogP contribution is -2.26. The van der Waals surface area contributed by atoms with E-state index in [9.17, 15) is 4.79 Å². The number of aromatic amines is 1. The fraction of sp³-hybridized carbons (Fsp3) is 0.348. The average Bonchev–Trinajstić information content (AvgIpc) is 3.01. The zero-order valence-electron chi connectivity index (χ0n) is 18.0. The monoisotopic (exact) mass is 422 g/mol. The molecule has 0 aliphatic carbocycles. The van der Waals surface area contributed by atoms with Crippen molar-refractivity contribution in [2.75, 3.05) is 34.4 Å². The first-order valence-electron chi connectivity index (χ1n) is 10.2. The number of hydrogen-bond acceptors (Lipinski definition) is 7. The van der Waals surface area contributed by atoms with E-state index >= 15 is 0 Å². The van der Waals surface area contributed by atoms with E-state index in [1.807, 2.05) is 24.3 Å². The summed E-state index contributed by atoms with van der Waals surface area (Å²) in [6.07, 6.45) is 4.76. The molecular formula is C23H26N4O4. The van der Waals surface area contributed by atoms with Crippen molar-refractivity contribution >= 4 is 0 Å². The van der Waals surface area contributed by atoms with Crippen molar-refractivity contribution in [2.24, 2.45) is 0 Å². The first-order chi connectivity index (χ1) is 15.1. The number of nitrogens with one attached hydrogen (secondary N) is 1. The molecule has 8 heteroatoms. The minimum absolute atomic E-state index is 0.0708. The van der Waals surface area contributed by atoms with Gasteiger partial charge in [0.25, 0.3) is 5.56 Å². The Labute approximate surface area is 180 Å². The standard InChI is InChI=1S/C23H26N4O4/c1-29-19-11-15(12-20(30-2)21(19)31-3)14-27-9-6-17-18(7-10-27)25-22(26-23(17)28)16-5-4-8-24-13-16/h4-5,8,11-13H,6-7,9-10,14H2,1-3H3,(H,25,26,28). The van der Waals surface area contributed by atoms with E-state index in [2.05, 4.69) is 14.9 Å². The van der Waals surface area contributed by atoms with Gasteiger partial charge >= 0.3 is 0 Å². The van der Waals surface area contributed by atoms with Gasteiger partial charge in [0, 0.05) is 49.6 Å². The Bertz CT molecular complexity index is 1090. The molecule has 1 aromatic carbocycles. The van der Waals surface area contributed by atoms with Gasteiger partial charge in [0.05, 0.1) is 27.0 Å². The van der Waals surface area contributed by atoms with E-state index < -0.39 is 0 Å². The molecule has 0 radical (unpaired) electrons. The van der Waals surface area contributed by atoms with Crippen LogP contribution in [-0.2, 0) is 19.4 Å². The maximum atomic E-state index is 12.7. The van der Waals surface area contributed by atoms with Crippen LogP contribution in [0.2, 0.25) is 0 Å². The molecule has 4 rings (SSSR count). The van der Waals surface area contributed by atoms with Gasteiger partial charge in [-0.15, -0.1) is 0 Å². The largest absolute Gasteiger partial charge is 0.493 e. The Hall–Kier alpha value is -3.39. The van der Waals surface area contributed by atoms with Crippen molar-refractivity contribution in [3.05, 3.63) is 63.8 Å². The molecule has 8 nitrogen and oxygen atoms in total. The summed E-state index contributed by atoms with van der Waals surface area (Å²) in [5.74, 6) is 2.41. The molecule has 0 fully saturated rings. The minimum atomic E-state index is -0.0708. The number of benzene rings is 1. The first-order valence-corrected chi connectivity index (χ1v) is 10.2. The molecule has 0 amide bonds. The molecule has 1 N–H and O–H groups in total. The number of pyridine rings is 1. The highest BCUT2D eigenvalue weighted by Gasteiger charge is 2.21. The quantitative estimate of drug-likeness (QED) is 0.653. The van der Waals surface area contributed by atoms with Crippen LogP contribution in [0, 0.1) is 0 Å². The average molecular weight is 422 g/mol. The Morgan fingerprint density at radius 1 is 1.06 bits per heavy atom. The molecular weight excluding hydrogens is 396 g/mol. The number of H-pyrrole nitrogens is 1. The van der Waals surface area contributed by atoms with Crippen LogP contribution in [0.1, 0.15) is 16.8 Å². The highest BCUT2D eigenvalue weighted by Crippen LogP contribution is 2.38. The van der Waals surface area contributed by atoms with E-state index in [4.69, 9.17) is 19.2 Å². The lowest BCUT2D eigenvalue weighted by atomic mass is 10.1. The summed E-state index contributed by atoms with van der Waals surface area (Å²) < 4.78 is 16.4. The number of hydrogen-bond donors (Lipinski definition) is 1. The highest BCUT2D eigenvalue weighted by atomic mass is 16.5. The molecule has 0 unspecified atom stereocenters. The molecule has 162 valence electrons. The fourth-order valence-electron chi connectivity index (χ4n) is 3.94. The van der Waals surface area contributed by atoms with E-state index in [1.165, 1.54) is 0 Å². The van der Waals surface area contributed by atoms with Crippen LogP contribution in [0.15, 0.2) is 41.5 Å². The van der Waals surface area contributed by atoms with Crippen molar-refractivity contribution in [1.82, 2.24) is 19.9 Å². The third-order valence-electron chi connectivity index (χ3n) is 5.51. The van der Waals surface area contributed by atoms with Crippen molar-refractivity contribution in [1.29, 1.82) is 0 Å². The molecule has 0 saturated carbocycles. The maximum absolute atomic E-state index is 12.7. The molecule has 0 spiro atoms. The van der Waals surface area contributed by atoms with Crippen LogP contribution in [0.3, 0.4) is 0 Å². The SMILES string of the molecule is COc1cc(CN2CCc3nc(-c4cccnc4)[nH]c(=O)c3CC2)cc(OC)c1OC. The number of methoxy groups -OCH3 is 3. The smallest absolute Gasteiger partial charge is 0.254 e.